The van der Waals surface area contributed by atoms with Crippen LogP contribution in [-0.2, 0) is 4.74 Å². The number of carbonyl (C=O) groups is 1. The first-order valence-corrected chi connectivity index (χ1v) is 9.74. The van der Waals surface area contributed by atoms with E-state index in [9.17, 15) is 9.18 Å². The highest BCUT2D eigenvalue weighted by molar-refractivity contribution is 5.95. The van der Waals surface area contributed by atoms with Crippen molar-refractivity contribution in [3.8, 4) is 5.69 Å². The third kappa shape index (κ3) is 4.42. The molecule has 6 nitrogen and oxygen atoms in total. The second-order valence-corrected chi connectivity index (χ2v) is 8.08. The van der Waals surface area contributed by atoms with Gasteiger partial charge >= 0.3 is 0 Å². The number of hydrogen-bond donors (Lipinski definition) is 1. The quantitative estimate of drug-likeness (QED) is 0.827. The van der Waals surface area contributed by atoms with Gasteiger partial charge in [0.25, 0.3) is 5.91 Å². The number of halogens is 1. The molecule has 1 aliphatic rings. The molecule has 1 N–H and O–H groups in total. The SMILES string of the molecule is CC(C)c1c(C(=O)NCC(C)(C)N2CCOCC2)cnn1-c1ccc(F)cc1. The molecule has 152 valence electrons. The molecule has 2 heterocycles. The summed E-state index contributed by atoms with van der Waals surface area (Å²) in [6, 6.07) is 6.12. The van der Waals surface area contributed by atoms with Crippen LogP contribution in [0, 0.1) is 5.82 Å². The van der Waals surface area contributed by atoms with E-state index in [0.717, 1.165) is 37.7 Å². The Kier molecular flexibility index (Phi) is 6.15. The van der Waals surface area contributed by atoms with Gasteiger partial charge in [0, 0.05) is 25.2 Å². The van der Waals surface area contributed by atoms with Crippen LogP contribution in [-0.4, -0.2) is 59.0 Å². The number of rotatable bonds is 6. The van der Waals surface area contributed by atoms with Crippen molar-refractivity contribution in [3.63, 3.8) is 0 Å². The van der Waals surface area contributed by atoms with Gasteiger partial charge < -0.3 is 10.1 Å². The first-order chi connectivity index (χ1) is 13.3. The van der Waals surface area contributed by atoms with E-state index < -0.39 is 0 Å². The fraction of sp³-hybridized carbons (Fsp3) is 0.524. The molecule has 0 radical (unpaired) electrons. The zero-order valence-electron chi connectivity index (χ0n) is 17.0. The number of hydrogen-bond acceptors (Lipinski definition) is 4. The zero-order valence-corrected chi connectivity index (χ0v) is 17.0. The molecule has 0 saturated carbocycles. The Hall–Kier alpha value is -2.25. The molecule has 0 spiro atoms. The number of aromatic nitrogens is 2. The number of morpholine rings is 1. The molecule has 7 heteroatoms. The maximum atomic E-state index is 13.3. The number of carbonyl (C=O) groups excluding carboxylic acids is 1. The summed E-state index contributed by atoms with van der Waals surface area (Å²) in [5, 5.41) is 7.47. The second-order valence-electron chi connectivity index (χ2n) is 8.08. The van der Waals surface area contributed by atoms with Gasteiger partial charge in [-0.2, -0.15) is 5.10 Å². The first kappa shape index (κ1) is 20.5. The van der Waals surface area contributed by atoms with Crippen LogP contribution in [0.1, 0.15) is 49.7 Å². The summed E-state index contributed by atoms with van der Waals surface area (Å²) in [4.78, 5) is 15.3. The zero-order chi connectivity index (χ0) is 20.3. The van der Waals surface area contributed by atoms with Crippen LogP contribution in [0.4, 0.5) is 4.39 Å². The smallest absolute Gasteiger partial charge is 0.254 e. The minimum absolute atomic E-state index is 0.0838. The van der Waals surface area contributed by atoms with Crippen LogP contribution in [0.3, 0.4) is 0 Å². The van der Waals surface area contributed by atoms with Gasteiger partial charge in [0.05, 0.1) is 36.4 Å². The van der Waals surface area contributed by atoms with E-state index in [-0.39, 0.29) is 23.2 Å². The summed E-state index contributed by atoms with van der Waals surface area (Å²) in [7, 11) is 0. The molecule has 1 aromatic heterocycles. The maximum Gasteiger partial charge on any atom is 0.254 e. The third-order valence-corrected chi connectivity index (χ3v) is 5.22. The average molecular weight is 388 g/mol. The molecule has 1 saturated heterocycles. The monoisotopic (exact) mass is 388 g/mol. The lowest BCUT2D eigenvalue weighted by molar-refractivity contribution is -0.00923. The van der Waals surface area contributed by atoms with E-state index in [4.69, 9.17) is 4.74 Å². The Morgan fingerprint density at radius 1 is 1.25 bits per heavy atom. The van der Waals surface area contributed by atoms with Gasteiger partial charge in [-0.1, -0.05) is 13.8 Å². The minimum atomic E-state index is -0.301. The van der Waals surface area contributed by atoms with Crippen molar-refractivity contribution >= 4 is 5.91 Å². The van der Waals surface area contributed by atoms with Crippen LogP contribution < -0.4 is 5.32 Å². The predicted octanol–water partition coefficient (Wildman–Crippen LogP) is 2.98. The van der Waals surface area contributed by atoms with Gasteiger partial charge in [-0.15, -0.1) is 0 Å². The lowest BCUT2D eigenvalue weighted by Crippen LogP contribution is -2.55. The van der Waals surface area contributed by atoms with Crippen molar-refractivity contribution in [3.05, 3.63) is 47.5 Å². The summed E-state index contributed by atoms with van der Waals surface area (Å²) < 4.78 is 20.4. The summed E-state index contributed by atoms with van der Waals surface area (Å²) in [6.07, 6.45) is 1.59. The molecule has 1 aliphatic heterocycles. The van der Waals surface area contributed by atoms with Gasteiger partial charge in [-0.05, 0) is 44.0 Å². The first-order valence-electron chi connectivity index (χ1n) is 9.74. The summed E-state index contributed by atoms with van der Waals surface area (Å²) >= 11 is 0. The van der Waals surface area contributed by atoms with E-state index in [0.29, 0.717) is 12.1 Å². The molecule has 1 amide bonds. The third-order valence-electron chi connectivity index (χ3n) is 5.22. The van der Waals surface area contributed by atoms with Crippen LogP contribution in [0.2, 0.25) is 0 Å². The van der Waals surface area contributed by atoms with Crippen LogP contribution in [0.5, 0.6) is 0 Å². The van der Waals surface area contributed by atoms with Gasteiger partial charge in [0.1, 0.15) is 5.82 Å². The van der Waals surface area contributed by atoms with E-state index >= 15 is 0 Å². The van der Waals surface area contributed by atoms with Crippen LogP contribution >= 0.6 is 0 Å². The Labute approximate surface area is 165 Å². The normalized spacial score (nSPS) is 15.8. The van der Waals surface area contributed by atoms with E-state index in [1.54, 1.807) is 23.0 Å². The molecule has 0 unspecified atom stereocenters. The van der Waals surface area contributed by atoms with E-state index in [2.05, 4.69) is 29.2 Å². The van der Waals surface area contributed by atoms with Crippen LogP contribution in [0.25, 0.3) is 5.69 Å². The molecule has 2 aromatic rings. The minimum Gasteiger partial charge on any atom is -0.379 e. The second kappa shape index (κ2) is 8.41. The van der Waals surface area contributed by atoms with Crippen molar-refractivity contribution in [1.82, 2.24) is 20.0 Å². The lowest BCUT2D eigenvalue weighted by atomic mass is 10.0. The van der Waals surface area contributed by atoms with E-state index in [1.807, 2.05) is 13.8 Å². The topological polar surface area (TPSA) is 59.4 Å². The highest BCUT2D eigenvalue weighted by Crippen LogP contribution is 2.24. The van der Waals surface area contributed by atoms with Gasteiger partial charge in [0.2, 0.25) is 0 Å². The van der Waals surface area contributed by atoms with Crippen molar-refractivity contribution in [1.29, 1.82) is 0 Å². The Morgan fingerprint density at radius 3 is 2.50 bits per heavy atom. The summed E-state index contributed by atoms with van der Waals surface area (Å²) in [5.41, 5.74) is 1.94. The molecule has 0 aliphatic carbocycles. The molecular weight excluding hydrogens is 359 g/mol. The molecule has 0 bridgehead atoms. The number of nitrogens with one attached hydrogen (secondary N) is 1. The van der Waals surface area contributed by atoms with Crippen molar-refractivity contribution in [2.75, 3.05) is 32.8 Å². The standard InChI is InChI=1S/C21H29FN4O2/c1-15(2)19-18(13-24-26(19)17-7-5-16(22)6-8-17)20(27)23-14-21(3,4)25-9-11-28-12-10-25/h5-8,13,15H,9-12,14H2,1-4H3,(H,23,27). The molecule has 28 heavy (non-hydrogen) atoms. The highest BCUT2D eigenvalue weighted by atomic mass is 19.1. The largest absolute Gasteiger partial charge is 0.379 e. The van der Waals surface area contributed by atoms with Crippen molar-refractivity contribution < 1.29 is 13.9 Å². The van der Waals surface area contributed by atoms with Gasteiger partial charge in [-0.25, -0.2) is 9.07 Å². The summed E-state index contributed by atoms with van der Waals surface area (Å²) in [5.74, 6) is -0.357. The Morgan fingerprint density at radius 2 is 1.89 bits per heavy atom. The average Bonchev–Trinajstić information content (AvgIpc) is 3.13. The highest BCUT2D eigenvalue weighted by Gasteiger charge is 2.29. The van der Waals surface area contributed by atoms with Gasteiger partial charge in [0.15, 0.2) is 0 Å². The molecule has 0 atom stereocenters. The number of amides is 1. The predicted molar refractivity (Wildman–Crippen MR) is 106 cm³/mol. The maximum absolute atomic E-state index is 13.3. The molecular formula is C21H29FN4O2. The van der Waals surface area contributed by atoms with Crippen LogP contribution in [0.15, 0.2) is 30.5 Å². The number of benzene rings is 1. The van der Waals surface area contributed by atoms with Gasteiger partial charge in [-0.3, -0.25) is 9.69 Å². The fourth-order valence-electron chi connectivity index (χ4n) is 3.55. The number of ether oxygens (including phenoxy) is 1. The number of nitrogens with zero attached hydrogens (tertiary/aromatic N) is 3. The molecule has 1 fully saturated rings. The van der Waals surface area contributed by atoms with Crippen molar-refractivity contribution in [2.24, 2.45) is 0 Å². The summed E-state index contributed by atoms with van der Waals surface area (Å²) in [6.45, 7) is 12.0. The van der Waals surface area contributed by atoms with Crippen molar-refractivity contribution in [2.45, 2.75) is 39.2 Å². The Bertz CT molecular complexity index is 808. The lowest BCUT2D eigenvalue weighted by Gasteiger charge is -2.40. The molecule has 3 rings (SSSR count). The Balaban J connectivity index is 1.77. The molecule has 1 aromatic carbocycles. The van der Waals surface area contributed by atoms with E-state index in [1.165, 1.54) is 12.1 Å². The fourth-order valence-corrected chi connectivity index (χ4v) is 3.55.